The summed E-state index contributed by atoms with van der Waals surface area (Å²) in [5.74, 6) is -0.348. The van der Waals surface area contributed by atoms with Gasteiger partial charge in [-0.05, 0) is 47.5 Å². The lowest BCUT2D eigenvalue weighted by molar-refractivity contribution is 0.0997. The number of hydrogen-bond acceptors (Lipinski definition) is 2. The van der Waals surface area contributed by atoms with Gasteiger partial charge in [-0.3, -0.25) is 4.79 Å². The molecule has 142 valence electrons. The molecule has 4 rings (SSSR count). The number of rotatable bonds is 5. The highest BCUT2D eigenvalue weighted by Gasteiger charge is 2.14. The highest BCUT2D eigenvalue weighted by atomic mass is 19.1. The van der Waals surface area contributed by atoms with Crippen molar-refractivity contribution in [2.75, 3.05) is 5.32 Å². The molecule has 0 atom stereocenters. The average Bonchev–Trinajstić information content (AvgIpc) is 3.24. The molecule has 3 aromatic carbocycles. The Kier molecular flexibility index (Phi) is 5.34. The molecule has 1 N–H and O–H groups in total. The third-order valence-electron chi connectivity index (χ3n) is 4.41. The predicted octanol–water partition coefficient (Wildman–Crippen LogP) is 6.51. The van der Waals surface area contributed by atoms with Crippen LogP contribution in [0.25, 0.3) is 23.5 Å². The molecule has 0 bridgehead atoms. The van der Waals surface area contributed by atoms with Crippen LogP contribution in [0.4, 0.5) is 10.1 Å². The van der Waals surface area contributed by atoms with E-state index < -0.39 is 5.82 Å². The molecule has 1 amide bonds. The van der Waals surface area contributed by atoms with Crippen molar-refractivity contribution in [2.24, 2.45) is 0 Å². The van der Waals surface area contributed by atoms with E-state index in [0.717, 1.165) is 11.1 Å². The SMILES string of the molecule is O=C(Nc1ccc(/C=C/c2ccccc2)cc1)c1ccc(-c2ccccc2F)o1. The third kappa shape index (κ3) is 4.50. The second-order valence-corrected chi connectivity index (χ2v) is 6.46. The van der Waals surface area contributed by atoms with Gasteiger partial charge in [-0.2, -0.15) is 0 Å². The minimum Gasteiger partial charge on any atom is -0.451 e. The first kappa shape index (κ1) is 18.4. The molecule has 0 saturated carbocycles. The van der Waals surface area contributed by atoms with Crippen molar-refractivity contribution in [2.45, 2.75) is 0 Å². The van der Waals surface area contributed by atoms with E-state index in [0.29, 0.717) is 17.0 Å². The van der Waals surface area contributed by atoms with Gasteiger partial charge in [0, 0.05) is 5.69 Å². The van der Waals surface area contributed by atoms with Crippen molar-refractivity contribution in [1.29, 1.82) is 0 Å². The molecule has 0 unspecified atom stereocenters. The molecule has 1 heterocycles. The Morgan fingerprint density at radius 1 is 0.759 bits per heavy atom. The number of nitrogens with one attached hydrogen (secondary N) is 1. The molecule has 0 aliphatic rings. The highest BCUT2D eigenvalue weighted by molar-refractivity contribution is 6.02. The van der Waals surface area contributed by atoms with Crippen molar-refractivity contribution in [3.05, 3.63) is 114 Å². The summed E-state index contributed by atoms with van der Waals surface area (Å²) in [5, 5.41) is 2.79. The van der Waals surface area contributed by atoms with E-state index in [2.05, 4.69) is 5.32 Å². The fourth-order valence-corrected chi connectivity index (χ4v) is 2.89. The first-order chi connectivity index (χ1) is 14.2. The summed E-state index contributed by atoms with van der Waals surface area (Å²) in [6, 6.07) is 26.9. The Bertz CT molecular complexity index is 1140. The van der Waals surface area contributed by atoms with Gasteiger partial charge in [0.15, 0.2) is 5.76 Å². The first-order valence-electron chi connectivity index (χ1n) is 9.18. The maximum Gasteiger partial charge on any atom is 0.291 e. The fraction of sp³-hybridized carbons (Fsp3) is 0. The summed E-state index contributed by atoms with van der Waals surface area (Å²) in [5.41, 5.74) is 3.11. The lowest BCUT2D eigenvalue weighted by atomic mass is 10.1. The standard InChI is InChI=1S/C25H18FNO2/c26-22-9-5-4-8-21(22)23-16-17-24(29-23)25(28)27-20-14-12-19(13-15-20)11-10-18-6-2-1-3-7-18/h1-17H,(H,27,28)/b11-10+. The summed E-state index contributed by atoms with van der Waals surface area (Å²) < 4.78 is 19.4. The Hall–Kier alpha value is -3.92. The zero-order chi connectivity index (χ0) is 20.1. The van der Waals surface area contributed by atoms with Gasteiger partial charge >= 0.3 is 0 Å². The minimum atomic E-state index is -0.395. The van der Waals surface area contributed by atoms with E-state index in [9.17, 15) is 9.18 Å². The number of halogens is 1. The lowest BCUT2D eigenvalue weighted by Gasteiger charge is -2.04. The second-order valence-electron chi connectivity index (χ2n) is 6.46. The number of carbonyl (C=O) groups excluding carboxylic acids is 1. The number of anilines is 1. The Morgan fingerprint density at radius 2 is 1.41 bits per heavy atom. The van der Waals surface area contributed by atoms with Crippen LogP contribution >= 0.6 is 0 Å². The van der Waals surface area contributed by atoms with E-state index in [1.54, 1.807) is 24.3 Å². The molecule has 0 radical (unpaired) electrons. The number of amides is 1. The van der Waals surface area contributed by atoms with Gasteiger partial charge in [0.25, 0.3) is 5.91 Å². The molecule has 0 aliphatic heterocycles. The molecule has 4 heteroatoms. The summed E-state index contributed by atoms with van der Waals surface area (Å²) >= 11 is 0. The third-order valence-corrected chi connectivity index (χ3v) is 4.41. The molecule has 0 spiro atoms. The van der Waals surface area contributed by atoms with E-state index >= 15 is 0 Å². The van der Waals surface area contributed by atoms with Crippen LogP contribution in [0.15, 0.2) is 95.4 Å². The van der Waals surface area contributed by atoms with Crippen molar-refractivity contribution in [3.8, 4) is 11.3 Å². The van der Waals surface area contributed by atoms with Crippen LogP contribution in [0.5, 0.6) is 0 Å². The van der Waals surface area contributed by atoms with Crippen LogP contribution in [0.1, 0.15) is 21.7 Å². The molecule has 0 fully saturated rings. The number of hydrogen-bond donors (Lipinski definition) is 1. The van der Waals surface area contributed by atoms with Crippen LogP contribution in [-0.2, 0) is 0 Å². The predicted molar refractivity (Wildman–Crippen MR) is 114 cm³/mol. The van der Waals surface area contributed by atoms with Crippen molar-refractivity contribution < 1.29 is 13.6 Å². The van der Waals surface area contributed by atoms with Crippen LogP contribution in [0, 0.1) is 5.82 Å². The summed E-state index contributed by atoms with van der Waals surface area (Å²) in [4.78, 5) is 12.4. The number of carbonyl (C=O) groups is 1. The average molecular weight is 383 g/mol. The zero-order valence-corrected chi connectivity index (χ0v) is 15.5. The quantitative estimate of drug-likeness (QED) is 0.399. The second kappa shape index (κ2) is 8.40. The molecule has 1 aromatic heterocycles. The molecule has 3 nitrogen and oxygen atoms in total. The van der Waals surface area contributed by atoms with E-state index in [1.807, 2.05) is 66.7 Å². The Morgan fingerprint density at radius 3 is 2.14 bits per heavy atom. The van der Waals surface area contributed by atoms with Crippen molar-refractivity contribution >= 4 is 23.7 Å². The number of benzene rings is 3. The first-order valence-corrected chi connectivity index (χ1v) is 9.18. The van der Waals surface area contributed by atoms with Crippen LogP contribution in [0.2, 0.25) is 0 Å². The molecular weight excluding hydrogens is 365 g/mol. The van der Waals surface area contributed by atoms with Gasteiger partial charge < -0.3 is 9.73 Å². The molecule has 0 saturated heterocycles. The fourth-order valence-electron chi connectivity index (χ4n) is 2.89. The lowest BCUT2D eigenvalue weighted by Crippen LogP contribution is -2.10. The van der Waals surface area contributed by atoms with Crippen LogP contribution in [0.3, 0.4) is 0 Å². The molecule has 4 aromatic rings. The van der Waals surface area contributed by atoms with E-state index in [-0.39, 0.29) is 11.7 Å². The van der Waals surface area contributed by atoms with E-state index in [4.69, 9.17) is 4.42 Å². The van der Waals surface area contributed by atoms with Crippen molar-refractivity contribution in [3.63, 3.8) is 0 Å². The highest BCUT2D eigenvalue weighted by Crippen LogP contribution is 2.25. The van der Waals surface area contributed by atoms with Gasteiger partial charge in [-0.25, -0.2) is 4.39 Å². The van der Waals surface area contributed by atoms with Crippen LogP contribution < -0.4 is 5.32 Å². The summed E-state index contributed by atoms with van der Waals surface area (Å²) in [6.45, 7) is 0. The van der Waals surface area contributed by atoms with Crippen LogP contribution in [-0.4, -0.2) is 5.91 Å². The molecular formula is C25H18FNO2. The van der Waals surface area contributed by atoms with Gasteiger partial charge in [0.05, 0.1) is 5.56 Å². The normalized spacial score (nSPS) is 10.9. The smallest absolute Gasteiger partial charge is 0.291 e. The van der Waals surface area contributed by atoms with Gasteiger partial charge in [0.2, 0.25) is 0 Å². The van der Waals surface area contributed by atoms with Gasteiger partial charge in [0.1, 0.15) is 11.6 Å². The summed E-state index contributed by atoms with van der Waals surface area (Å²) in [7, 11) is 0. The maximum atomic E-state index is 13.9. The molecule has 29 heavy (non-hydrogen) atoms. The maximum absolute atomic E-state index is 13.9. The minimum absolute atomic E-state index is 0.122. The van der Waals surface area contributed by atoms with Gasteiger partial charge in [-0.15, -0.1) is 0 Å². The zero-order valence-electron chi connectivity index (χ0n) is 15.5. The Labute approximate surface area is 168 Å². The number of furan rings is 1. The van der Waals surface area contributed by atoms with E-state index in [1.165, 1.54) is 12.1 Å². The largest absolute Gasteiger partial charge is 0.451 e. The molecule has 0 aliphatic carbocycles. The van der Waals surface area contributed by atoms with Crippen molar-refractivity contribution in [1.82, 2.24) is 0 Å². The monoisotopic (exact) mass is 383 g/mol. The summed E-state index contributed by atoms with van der Waals surface area (Å²) in [6.07, 6.45) is 4.04. The Balaban J connectivity index is 1.42. The topological polar surface area (TPSA) is 42.2 Å². The van der Waals surface area contributed by atoms with Gasteiger partial charge in [-0.1, -0.05) is 66.7 Å².